The molecular formula is C38H53N3O10S. The van der Waals surface area contributed by atoms with Gasteiger partial charge in [-0.05, 0) is 87.9 Å². The van der Waals surface area contributed by atoms with E-state index in [0.717, 1.165) is 10.8 Å². The number of rotatable bonds is 14. The number of hydrogen-bond acceptors (Lipinski definition) is 11. The van der Waals surface area contributed by atoms with Crippen LogP contribution >= 0.6 is 0 Å². The fourth-order valence-electron chi connectivity index (χ4n) is 7.13. The summed E-state index contributed by atoms with van der Waals surface area (Å²) in [5, 5.41) is 1.55. The molecule has 0 spiro atoms. The third-order valence-corrected chi connectivity index (χ3v) is 11.5. The average molecular weight is 744 g/mol. The predicted molar refractivity (Wildman–Crippen MR) is 192 cm³/mol. The van der Waals surface area contributed by atoms with E-state index in [1.807, 2.05) is 45.9 Å². The van der Waals surface area contributed by atoms with Crippen LogP contribution in [0, 0.1) is 22.7 Å². The average Bonchev–Trinajstić information content (AvgIpc) is 3.90. The first-order valence-corrected chi connectivity index (χ1v) is 19.4. The van der Waals surface area contributed by atoms with Gasteiger partial charge in [-0.2, -0.15) is 8.42 Å². The van der Waals surface area contributed by atoms with Gasteiger partial charge in [0.15, 0.2) is 5.78 Å². The number of nitrogens with zero attached hydrogens (tertiary/aromatic N) is 2. The summed E-state index contributed by atoms with van der Waals surface area (Å²) in [6.45, 7) is 14.4. The maximum atomic E-state index is 14.6. The van der Waals surface area contributed by atoms with E-state index in [2.05, 4.69) is 9.71 Å². The number of nitrogens with one attached hydrogen (secondary N) is 1. The van der Waals surface area contributed by atoms with E-state index in [1.165, 1.54) is 4.90 Å². The van der Waals surface area contributed by atoms with Gasteiger partial charge in [-0.3, -0.25) is 19.2 Å². The highest BCUT2D eigenvalue weighted by Crippen LogP contribution is 2.58. The molecule has 2 heterocycles. The van der Waals surface area contributed by atoms with Crippen LogP contribution < -0.4 is 14.2 Å². The number of carbonyl (C=O) groups is 4. The highest BCUT2D eigenvalue weighted by molar-refractivity contribution is 7.85. The Morgan fingerprint density at radius 1 is 1.08 bits per heavy atom. The van der Waals surface area contributed by atoms with Crippen LogP contribution in [0.5, 0.6) is 11.6 Å². The van der Waals surface area contributed by atoms with Gasteiger partial charge < -0.3 is 19.1 Å². The molecule has 14 heteroatoms. The fourth-order valence-corrected chi connectivity index (χ4v) is 8.30. The molecular weight excluding hydrogens is 690 g/mol. The van der Waals surface area contributed by atoms with Crippen molar-refractivity contribution in [2.75, 3.05) is 13.7 Å². The molecule has 0 unspecified atom stereocenters. The van der Waals surface area contributed by atoms with Crippen molar-refractivity contribution in [2.24, 2.45) is 22.7 Å². The quantitative estimate of drug-likeness (QED) is 0.250. The van der Waals surface area contributed by atoms with Gasteiger partial charge in [0.2, 0.25) is 17.7 Å². The number of esters is 1. The van der Waals surface area contributed by atoms with Crippen LogP contribution in [0.3, 0.4) is 0 Å². The Hall–Kier alpha value is -3.78. The van der Waals surface area contributed by atoms with Crippen molar-refractivity contribution in [3.05, 3.63) is 30.5 Å². The van der Waals surface area contributed by atoms with Crippen molar-refractivity contribution < 1.29 is 46.0 Å². The molecule has 0 bridgehead atoms. The van der Waals surface area contributed by atoms with Crippen LogP contribution in [-0.2, 0) is 38.4 Å². The van der Waals surface area contributed by atoms with E-state index in [1.54, 1.807) is 47.1 Å². The molecule has 2 aliphatic carbocycles. The van der Waals surface area contributed by atoms with Crippen LogP contribution in [0.1, 0.15) is 100 Å². The molecule has 1 aromatic heterocycles. The lowest BCUT2D eigenvalue weighted by Crippen LogP contribution is -2.49. The Bertz CT molecular complexity index is 1830. The predicted octanol–water partition coefficient (Wildman–Crippen LogP) is 5.29. The Morgan fingerprint density at radius 2 is 1.77 bits per heavy atom. The molecule has 5 rings (SSSR count). The number of likely N-dealkylation sites (tertiary alicyclic amines) is 1. The first kappa shape index (κ1) is 39.4. The van der Waals surface area contributed by atoms with Crippen LogP contribution in [-0.4, -0.2) is 78.9 Å². The second kappa shape index (κ2) is 14.2. The van der Waals surface area contributed by atoms with Crippen molar-refractivity contribution >= 4 is 44.6 Å². The lowest BCUT2D eigenvalue weighted by atomic mass is 9.77. The third kappa shape index (κ3) is 9.05. The largest absolute Gasteiger partial charge is 0.497 e. The van der Waals surface area contributed by atoms with E-state index in [4.69, 9.17) is 18.4 Å². The highest BCUT2D eigenvalue weighted by Gasteiger charge is 2.62. The van der Waals surface area contributed by atoms with Crippen molar-refractivity contribution in [3.8, 4) is 11.6 Å². The summed E-state index contributed by atoms with van der Waals surface area (Å²) in [7, 11) is -2.82. The SMILES string of the molecule is CC[C@@H]1C[C@]1(CC(=O)[C@@H]1C[C@@H](Oc2nccc3cc(OC)ccc23)CN1C(=O)[C@@H](CC(=O)OC(C)(C)C)C(C)(C)C)C(=O)NS(=O)(=O)OC1(C)CC1. The molecule has 5 atom stereocenters. The fraction of sp³-hybridized carbons (Fsp3) is 0.658. The molecule has 1 aliphatic heterocycles. The van der Waals surface area contributed by atoms with Crippen LogP contribution in [0.15, 0.2) is 30.5 Å². The van der Waals surface area contributed by atoms with E-state index >= 15 is 0 Å². The van der Waals surface area contributed by atoms with Gasteiger partial charge in [0.1, 0.15) is 17.5 Å². The van der Waals surface area contributed by atoms with Gasteiger partial charge in [0.25, 0.3) is 0 Å². The molecule has 1 saturated heterocycles. The van der Waals surface area contributed by atoms with Crippen LogP contribution in [0.25, 0.3) is 10.8 Å². The Labute approximate surface area is 306 Å². The topological polar surface area (TPSA) is 168 Å². The molecule has 2 amide bonds. The number of aromatic nitrogens is 1. The Morgan fingerprint density at radius 3 is 2.35 bits per heavy atom. The van der Waals surface area contributed by atoms with Gasteiger partial charge in [0, 0.05) is 24.4 Å². The summed E-state index contributed by atoms with van der Waals surface area (Å²) in [5.41, 5.74) is -3.55. The zero-order valence-electron chi connectivity index (χ0n) is 31.7. The van der Waals surface area contributed by atoms with Gasteiger partial charge in [0.05, 0.1) is 43.1 Å². The van der Waals surface area contributed by atoms with E-state index < -0.39 is 74.0 Å². The third-order valence-electron chi connectivity index (χ3n) is 10.4. The highest BCUT2D eigenvalue weighted by atomic mass is 32.2. The summed E-state index contributed by atoms with van der Waals surface area (Å²) in [5.74, 6) is -2.20. The second-order valence-electron chi connectivity index (χ2n) is 16.9. The normalized spacial score (nSPS) is 24.6. The molecule has 0 radical (unpaired) electrons. The van der Waals surface area contributed by atoms with Crippen LogP contribution in [0.2, 0.25) is 0 Å². The molecule has 2 saturated carbocycles. The maximum absolute atomic E-state index is 14.6. The first-order chi connectivity index (χ1) is 24.1. The summed E-state index contributed by atoms with van der Waals surface area (Å²) in [6.07, 6.45) is 2.58. The number of hydrogen-bond donors (Lipinski definition) is 1. The molecule has 3 aliphatic rings. The van der Waals surface area contributed by atoms with Crippen molar-refractivity contribution in [1.29, 1.82) is 0 Å². The number of fused-ring (bicyclic) bond motifs is 1. The van der Waals surface area contributed by atoms with Gasteiger partial charge in [-0.25, -0.2) is 13.9 Å². The molecule has 3 fully saturated rings. The summed E-state index contributed by atoms with van der Waals surface area (Å²) >= 11 is 0. The van der Waals surface area contributed by atoms with Crippen molar-refractivity contribution in [3.63, 3.8) is 0 Å². The smallest absolute Gasteiger partial charge is 0.362 e. The number of carbonyl (C=O) groups excluding carboxylic acids is 4. The molecule has 286 valence electrons. The van der Waals surface area contributed by atoms with Crippen molar-refractivity contribution in [2.45, 2.75) is 124 Å². The van der Waals surface area contributed by atoms with Gasteiger partial charge >= 0.3 is 16.3 Å². The van der Waals surface area contributed by atoms with E-state index in [0.29, 0.717) is 37.3 Å². The monoisotopic (exact) mass is 743 g/mol. The molecule has 52 heavy (non-hydrogen) atoms. The lowest BCUT2D eigenvalue weighted by Gasteiger charge is -2.35. The number of ether oxygens (including phenoxy) is 3. The molecule has 1 N–H and O–H groups in total. The number of Topliss-reactive ketones (excluding diaryl/α,β-unsaturated/α-hetero) is 1. The zero-order chi connectivity index (χ0) is 38.4. The minimum atomic E-state index is -4.40. The van der Waals surface area contributed by atoms with E-state index in [9.17, 15) is 27.6 Å². The number of methoxy groups -OCH3 is 1. The summed E-state index contributed by atoms with van der Waals surface area (Å²) in [6, 6.07) is 6.30. The zero-order valence-corrected chi connectivity index (χ0v) is 32.6. The molecule has 13 nitrogen and oxygen atoms in total. The maximum Gasteiger partial charge on any atom is 0.362 e. The summed E-state index contributed by atoms with van der Waals surface area (Å²) < 4.78 is 50.2. The van der Waals surface area contributed by atoms with Crippen molar-refractivity contribution in [1.82, 2.24) is 14.6 Å². The molecule has 2 aromatic rings. The number of pyridine rings is 1. The minimum absolute atomic E-state index is 0.0293. The summed E-state index contributed by atoms with van der Waals surface area (Å²) in [4.78, 5) is 61.6. The second-order valence-corrected chi connectivity index (χ2v) is 18.2. The van der Waals surface area contributed by atoms with Gasteiger partial charge in [-0.1, -0.05) is 34.1 Å². The van der Waals surface area contributed by atoms with Crippen LogP contribution in [0.4, 0.5) is 0 Å². The Kier molecular flexibility index (Phi) is 10.8. The Balaban J connectivity index is 1.43. The standard InChI is InChI=1S/C38H53N3O10S/c1-10-24-20-38(24,34(45)40-52(46,47)51-37(8)14-15-37)21-30(42)29-18-26(49-32-27-12-11-25(48-9)17-23(27)13-16-39-32)22-41(29)33(44)28(35(2,3)4)19-31(43)50-36(5,6)7/h11-13,16-17,24,26,28-29H,10,14-15,18-22H2,1-9H3,(H,40,45)/t24-,26-,28-,29+,38-/m1/s1. The van der Waals surface area contributed by atoms with E-state index in [-0.39, 0.29) is 31.7 Å². The first-order valence-electron chi connectivity index (χ1n) is 18.0. The van der Waals surface area contributed by atoms with Gasteiger partial charge in [-0.15, -0.1) is 0 Å². The number of benzene rings is 1. The number of amides is 2. The number of ketones is 1. The minimum Gasteiger partial charge on any atom is -0.497 e. The lowest BCUT2D eigenvalue weighted by molar-refractivity contribution is -0.161. The molecule has 1 aromatic carbocycles.